The summed E-state index contributed by atoms with van der Waals surface area (Å²) in [5.41, 5.74) is 2.49. The number of rotatable bonds is 5. The molecule has 0 bridgehead atoms. The molecule has 1 saturated heterocycles. The molecule has 2 aliphatic rings. The number of aryl methyl sites for hydroxylation is 2. The highest BCUT2D eigenvalue weighted by Gasteiger charge is 2.18. The van der Waals surface area contributed by atoms with Gasteiger partial charge in [-0.3, -0.25) is 10.1 Å². The molecule has 1 fully saturated rings. The molecule has 4 nitrogen and oxygen atoms in total. The van der Waals surface area contributed by atoms with Crippen LogP contribution in [0, 0.1) is 0 Å². The van der Waals surface area contributed by atoms with E-state index >= 15 is 0 Å². The maximum atomic E-state index is 12.2. The van der Waals surface area contributed by atoms with Crippen LogP contribution in [0.1, 0.15) is 40.0 Å². The molecule has 2 heterocycles. The average molecular weight is 407 g/mol. The van der Waals surface area contributed by atoms with Crippen molar-refractivity contribution in [3.63, 3.8) is 0 Å². The van der Waals surface area contributed by atoms with E-state index < -0.39 is 0 Å². The Labute approximate surface area is 166 Å². The molecule has 0 atom stereocenters. The molecule has 0 spiro atoms. The second-order valence-corrected chi connectivity index (χ2v) is 10.2. The molecule has 26 heavy (non-hydrogen) atoms. The smallest absolute Gasteiger partial charge is 0.264 e. The third kappa shape index (κ3) is 4.56. The summed E-state index contributed by atoms with van der Waals surface area (Å²) >= 11 is 5.58. The number of hydrogen-bond donors (Lipinski definition) is 1. The van der Waals surface area contributed by atoms with Gasteiger partial charge in [-0.05, 0) is 43.4 Å². The summed E-state index contributed by atoms with van der Waals surface area (Å²) < 4.78 is 6.17. The molecule has 1 aliphatic carbocycles. The summed E-state index contributed by atoms with van der Waals surface area (Å²) in [5, 5.41) is 3.59. The number of nitrogens with one attached hydrogen (secondary N) is 1. The first kappa shape index (κ1) is 18.2. The largest absolute Gasteiger partial charge is 0.484 e. The maximum Gasteiger partial charge on any atom is 0.264 e. The first-order valence-corrected chi connectivity index (χ1v) is 11.9. The summed E-state index contributed by atoms with van der Waals surface area (Å²) in [5.74, 6) is 3.01. The fourth-order valence-corrected chi connectivity index (χ4v) is 7.08. The molecule has 1 aliphatic heterocycles. The van der Waals surface area contributed by atoms with Gasteiger partial charge in [-0.25, -0.2) is 4.98 Å². The Morgan fingerprint density at radius 2 is 1.88 bits per heavy atom. The number of carbonyl (C=O) groups excluding carboxylic acids is 1. The van der Waals surface area contributed by atoms with E-state index in [2.05, 4.69) is 22.4 Å². The van der Waals surface area contributed by atoms with Crippen LogP contribution < -0.4 is 10.1 Å². The number of carbonyl (C=O) groups is 1. The number of nitrogens with zero attached hydrogens (tertiary/aromatic N) is 1. The van der Waals surface area contributed by atoms with Gasteiger partial charge in [-0.2, -0.15) is 0 Å². The minimum Gasteiger partial charge on any atom is -0.484 e. The van der Waals surface area contributed by atoms with Crippen molar-refractivity contribution in [2.75, 3.05) is 23.4 Å². The van der Waals surface area contributed by atoms with Gasteiger partial charge in [-0.1, -0.05) is 18.6 Å². The average Bonchev–Trinajstić information content (AvgIpc) is 3.26. The fraction of sp³-hybridized carbons (Fsp3) is 0.474. The molecule has 0 saturated carbocycles. The number of amides is 1. The minimum absolute atomic E-state index is 0.0104. The fourth-order valence-electron chi connectivity index (χ4n) is 3.16. The number of fused-ring (bicyclic) bond motifs is 1. The van der Waals surface area contributed by atoms with Crippen LogP contribution in [0.5, 0.6) is 5.75 Å². The van der Waals surface area contributed by atoms with E-state index in [0.29, 0.717) is 9.71 Å². The first-order valence-electron chi connectivity index (χ1n) is 9.02. The van der Waals surface area contributed by atoms with Crippen molar-refractivity contribution in [2.45, 2.75) is 36.7 Å². The zero-order chi connectivity index (χ0) is 17.8. The van der Waals surface area contributed by atoms with E-state index in [9.17, 15) is 4.79 Å². The normalized spacial score (nSPS) is 17.5. The molecule has 1 aromatic heterocycles. The number of anilines is 1. The van der Waals surface area contributed by atoms with E-state index in [1.807, 2.05) is 35.7 Å². The van der Waals surface area contributed by atoms with Crippen LogP contribution >= 0.6 is 34.9 Å². The quantitative estimate of drug-likeness (QED) is 0.715. The van der Waals surface area contributed by atoms with Crippen molar-refractivity contribution >= 4 is 45.9 Å². The molecule has 0 unspecified atom stereocenters. The van der Waals surface area contributed by atoms with E-state index in [-0.39, 0.29) is 12.5 Å². The third-order valence-corrected chi connectivity index (χ3v) is 8.66. The number of hydrogen-bond acceptors (Lipinski definition) is 6. The Bertz CT molecular complexity index is 731. The van der Waals surface area contributed by atoms with Crippen molar-refractivity contribution in [2.24, 2.45) is 0 Å². The van der Waals surface area contributed by atoms with Gasteiger partial charge in [0.1, 0.15) is 5.75 Å². The van der Waals surface area contributed by atoms with E-state index in [1.165, 1.54) is 46.9 Å². The lowest BCUT2D eigenvalue weighted by Gasteiger charge is -2.10. The SMILES string of the molecule is O=C(COc1ccc(C2SCCS2)cc1)Nc1nc2c(s1)CCCCC2. The Hall–Kier alpha value is -1.18. The predicted molar refractivity (Wildman–Crippen MR) is 112 cm³/mol. The summed E-state index contributed by atoms with van der Waals surface area (Å²) in [4.78, 5) is 18.1. The number of benzene rings is 1. The molecular weight excluding hydrogens is 384 g/mol. The van der Waals surface area contributed by atoms with E-state index in [1.54, 1.807) is 11.3 Å². The number of ether oxygens (including phenoxy) is 1. The third-order valence-electron chi connectivity index (χ3n) is 4.49. The van der Waals surface area contributed by atoms with Gasteiger partial charge in [0.05, 0.1) is 10.3 Å². The van der Waals surface area contributed by atoms with Crippen LogP contribution in [0.15, 0.2) is 24.3 Å². The zero-order valence-corrected chi connectivity index (χ0v) is 17.0. The van der Waals surface area contributed by atoms with Crippen molar-refractivity contribution in [3.8, 4) is 5.75 Å². The molecule has 1 N–H and O–H groups in total. The lowest BCUT2D eigenvalue weighted by atomic mass is 10.2. The van der Waals surface area contributed by atoms with Gasteiger partial charge in [0.25, 0.3) is 5.91 Å². The highest BCUT2D eigenvalue weighted by molar-refractivity contribution is 8.19. The Balaban J connectivity index is 1.28. The summed E-state index contributed by atoms with van der Waals surface area (Å²) in [6, 6.07) is 8.10. The van der Waals surface area contributed by atoms with Gasteiger partial charge in [0.15, 0.2) is 11.7 Å². The standard InChI is InChI=1S/C19H22N2O2S3/c22-17(21-19-20-15-4-2-1-3-5-16(15)26-19)12-23-14-8-6-13(7-9-14)18-24-10-11-25-18/h6-9,18H,1-5,10-12H2,(H,20,21,22). The van der Waals surface area contributed by atoms with Gasteiger partial charge >= 0.3 is 0 Å². The summed E-state index contributed by atoms with van der Waals surface area (Å²) in [6.07, 6.45) is 5.81. The number of thioether (sulfide) groups is 2. The van der Waals surface area contributed by atoms with Crippen LogP contribution in [-0.2, 0) is 17.6 Å². The monoisotopic (exact) mass is 406 g/mol. The second-order valence-electron chi connectivity index (χ2n) is 6.43. The summed E-state index contributed by atoms with van der Waals surface area (Å²) in [6.45, 7) is 0.0104. The van der Waals surface area contributed by atoms with Crippen LogP contribution in [0.25, 0.3) is 0 Å². The lowest BCUT2D eigenvalue weighted by Crippen LogP contribution is -2.20. The molecule has 138 valence electrons. The second kappa shape index (κ2) is 8.67. The first-order chi connectivity index (χ1) is 12.8. The van der Waals surface area contributed by atoms with Crippen molar-refractivity contribution in [1.29, 1.82) is 0 Å². The van der Waals surface area contributed by atoms with Crippen LogP contribution in [-0.4, -0.2) is 29.0 Å². The van der Waals surface area contributed by atoms with Gasteiger partial charge in [0.2, 0.25) is 0 Å². The van der Waals surface area contributed by atoms with Crippen LogP contribution in [0.4, 0.5) is 5.13 Å². The minimum atomic E-state index is -0.153. The molecule has 0 radical (unpaired) electrons. The summed E-state index contributed by atoms with van der Waals surface area (Å²) in [7, 11) is 0. The van der Waals surface area contributed by atoms with Gasteiger partial charge in [-0.15, -0.1) is 34.9 Å². The number of thiazole rings is 1. The zero-order valence-electron chi connectivity index (χ0n) is 14.5. The van der Waals surface area contributed by atoms with Gasteiger partial charge < -0.3 is 4.74 Å². The molecular formula is C19H22N2O2S3. The Morgan fingerprint density at radius 3 is 2.69 bits per heavy atom. The Morgan fingerprint density at radius 1 is 1.12 bits per heavy atom. The lowest BCUT2D eigenvalue weighted by molar-refractivity contribution is -0.118. The van der Waals surface area contributed by atoms with Crippen molar-refractivity contribution < 1.29 is 9.53 Å². The van der Waals surface area contributed by atoms with Gasteiger partial charge in [0, 0.05) is 16.4 Å². The van der Waals surface area contributed by atoms with Crippen LogP contribution in [0.3, 0.4) is 0 Å². The molecule has 7 heteroatoms. The molecule has 2 aromatic rings. The predicted octanol–water partition coefficient (Wildman–Crippen LogP) is 4.91. The number of aromatic nitrogens is 1. The molecule has 1 aromatic carbocycles. The molecule has 1 amide bonds. The van der Waals surface area contributed by atoms with E-state index in [4.69, 9.17) is 4.74 Å². The van der Waals surface area contributed by atoms with Crippen molar-refractivity contribution in [1.82, 2.24) is 4.98 Å². The van der Waals surface area contributed by atoms with E-state index in [0.717, 1.165) is 18.6 Å². The highest BCUT2D eigenvalue weighted by atomic mass is 32.2. The Kier molecular flexibility index (Phi) is 6.07. The van der Waals surface area contributed by atoms with Crippen molar-refractivity contribution in [3.05, 3.63) is 40.4 Å². The van der Waals surface area contributed by atoms with Crippen LogP contribution in [0.2, 0.25) is 0 Å². The highest BCUT2D eigenvalue weighted by Crippen LogP contribution is 2.45. The topological polar surface area (TPSA) is 51.2 Å². The molecule has 4 rings (SSSR count). The maximum absolute atomic E-state index is 12.2.